The fourth-order valence-corrected chi connectivity index (χ4v) is 7.43. The van der Waals surface area contributed by atoms with Gasteiger partial charge in [0.1, 0.15) is 11.2 Å². The number of aromatic nitrogens is 2. The molecule has 6 aromatic carbocycles. The quantitative estimate of drug-likeness (QED) is 0.191. The van der Waals surface area contributed by atoms with Crippen molar-refractivity contribution in [3.05, 3.63) is 165 Å². The largest absolute Gasteiger partial charge is 0.455 e. The Morgan fingerprint density at radius 1 is 0.543 bits per heavy atom. The summed E-state index contributed by atoms with van der Waals surface area (Å²) in [4.78, 5) is 28.3. The van der Waals surface area contributed by atoms with Crippen molar-refractivity contribution < 1.29 is 4.42 Å². The van der Waals surface area contributed by atoms with Crippen molar-refractivity contribution in [2.24, 2.45) is 0 Å². The van der Waals surface area contributed by atoms with Gasteiger partial charge in [0, 0.05) is 33.0 Å². The topological polar surface area (TPSA) is 57.1 Å². The van der Waals surface area contributed by atoms with Crippen molar-refractivity contribution in [2.45, 2.75) is 19.3 Å². The van der Waals surface area contributed by atoms with Gasteiger partial charge in [-0.25, -0.2) is 0 Å². The van der Waals surface area contributed by atoms with E-state index in [9.17, 15) is 9.59 Å². The van der Waals surface area contributed by atoms with Crippen LogP contribution in [-0.2, 0) is 5.41 Å². The molecular weight excluding hydrogens is 568 g/mol. The summed E-state index contributed by atoms with van der Waals surface area (Å²) < 4.78 is 9.40. The lowest BCUT2D eigenvalue weighted by molar-refractivity contribution is 0.660. The third-order valence-corrected chi connectivity index (χ3v) is 9.62. The summed E-state index contributed by atoms with van der Waals surface area (Å²) in [6.45, 7) is 4.41. The van der Waals surface area contributed by atoms with Gasteiger partial charge >= 0.3 is 11.1 Å². The molecular formula is C41H28N2O3. The summed E-state index contributed by atoms with van der Waals surface area (Å²) in [5.41, 5.74) is 9.26. The molecule has 1 aliphatic carbocycles. The Morgan fingerprint density at radius 3 is 1.98 bits per heavy atom. The fourth-order valence-electron chi connectivity index (χ4n) is 7.43. The van der Waals surface area contributed by atoms with Crippen LogP contribution in [0.25, 0.3) is 66.6 Å². The van der Waals surface area contributed by atoms with Crippen LogP contribution in [0.1, 0.15) is 25.0 Å². The van der Waals surface area contributed by atoms with E-state index >= 15 is 0 Å². The molecule has 0 atom stereocenters. The normalized spacial score (nSPS) is 13.3. The summed E-state index contributed by atoms with van der Waals surface area (Å²) in [6, 6.07) is 43.9. The van der Waals surface area contributed by atoms with Crippen LogP contribution in [-0.4, -0.2) is 9.13 Å². The number of benzene rings is 6. The monoisotopic (exact) mass is 596 g/mol. The zero-order valence-corrected chi connectivity index (χ0v) is 25.3. The zero-order chi connectivity index (χ0) is 31.2. The Labute approximate surface area is 264 Å². The van der Waals surface area contributed by atoms with Gasteiger partial charge in [-0.1, -0.05) is 111 Å². The number of hydrogen-bond acceptors (Lipinski definition) is 3. The predicted octanol–water partition coefficient (Wildman–Crippen LogP) is 9.01. The maximum Gasteiger partial charge on any atom is 0.321 e. The van der Waals surface area contributed by atoms with E-state index in [1.165, 1.54) is 10.1 Å². The van der Waals surface area contributed by atoms with Crippen molar-refractivity contribution >= 4 is 33.0 Å². The van der Waals surface area contributed by atoms with E-state index in [0.717, 1.165) is 55.4 Å². The summed E-state index contributed by atoms with van der Waals surface area (Å²) >= 11 is 0. The lowest BCUT2D eigenvalue weighted by Gasteiger charge is -2.22. The highest BCUT2D eigenvalue weighted by atomic mass is 16.3. The number of para-hydroxylation sites is 4. The van der Waals surface area contributed by atoms with Crippen LogP contribution >= 0.6 is 0 Å². The second-order valence-corrected chi connectivity index (χ2v) is 12.5. The molecule has 2 aromatic heterocycles. The zero-order valence-electron chi connectivity index (χ0n) is 25.3. The molecule has 0 saturated carbocycles. The summed E-state index contributed by atoms with van der Waals surface area (Å²) in [5, 5.41) is 2.13. The molecule has 0 spiro atoms. The van der Waals surface area contributed by atoms with Crippen LogP contribution in [0, 0.1) is 0 Å². The molecule has 0 N–H and O–H groups in total. The molecule has 0 aliphatic heterocycles. The molecule has 5 heteroatoms. The lowest BCUT2D eigenvalue weighted by Crippen LogP contribution is -2.40. The molecule has 0 unspecified atom stereocenters. The number of nitrogens with zero attached hydrogens (tertiary/aromatic N) is 2. The van der Waals surface area contributed by atoms with Gasteiger partial charge in [0.25, 0.3) is 0 Å². The third-order valence-electron chi connectivity index (χ3n) is 9.62. The van der Waals surface area contributed by atoms with E-state index in [4.69, 9.17) is 4.42 Å². The highest BCUT2D eigenvalue weighted by Gasteiger charge is 2.37. The maximum absolute atomic E-state index is 14.2. The van der Waals surface area contributed by atoms with Crippen LogP contribution in [0.3, 0.4) is 0 Å². The summed E-state index contributed by atoms with van der Waals surface area (Å²) in [5.74, 6) is 0. The molecule has 0 amide bonds. The number of hydrogen-bond donors (Lipinski definition) is 0. The van der Waals surface area contributed by atoms with Gasteiger partial charge in [-0.15, -0.1) is 0 Å². The van der Waals surface area contributed by atoms with Gasteiger partial charge in [0.05, 0.1) is 16.7 Å². The van der Waals surface area contributed by atoms with Crippen molar-refractivity contribution in [1.29, 1.82) is 0 Å². The van der Waals surface area contributed by atoms with E-state index in [2.05, 4.69) is 50.2 Å². The number of furan rings is 1. The summed E-state index contributed by atoms with van der Waals surface area (Å²) in [6.07, 6.45) is 0. The minimum atomic E-state index is -0.603. The van der Waals surface area contributed by atoms with Gasteiger partial charge < -0.3 is 4.42 Å². The van der Waals surface area contributed by atoms with Crippen molar-refractivity contribution in [1.82, 2.24) is 9.13 Å². The van der Waals surface area contributed by atoms with E-state index < -0.39 is 11.1 Å². The molecule has 46 heavy (non-hydrogen) atoms. The smallest absolute Gasteiger partial charge is 0.321 e. The second-order valence-electron chi connectivity index (χ2n) is 12.5. The Balaban J connectivity index is 1.23. The molecule has 220 valence electrons. The first kappa shape index (κ1) is 26.5. The van der Waals surface area contributed by atoms with Crippen molar-refractivity contribution in [2.75, 3.05) is 0 Å². The van der Waals surface area contributed by atoms with Crippen LogP contribution < -0.4 is 11.1 Å². The lowest BCUT2D eigenvalue weighted by atomic mass is 9.82. The molecule has 1 aliphatic rings. The van der Waals surface area contributed by atoms with Gasteiger partial charge in [-0.3, -0.25) is 18.7 Å². The SMILES string of the molecule is CC1(C)c2ccccc2-c2c(-n3c(=O)c(=O)n(-c4ccc(-c5cccc6c5oc5ccccc56)cc4)c4ccccc43)cccc21. The first-order chi connectivity index (χ1) is 22.4. The molecule has 0 radical (unpaired) electrons. The number of fused-ring (bicyclic) bond motifs is 7. The van der Waals surface area contributed by atoms with Crippen molar-refractivity contribution in [3.8, 4) is 33.6 Å². The Kier molecular flexibility index (Phi) is 5.48. The van der Waals surface area contributed by atoms with E-state index in [1.807, 2.05) is 97.1 Å². The minimum absolute atomic E-state index is 0.231. The Bertz CT molecular complexity index is 2650. The Hall–Kier alpha value is -5.94. The molecule has 8 aromatic rings. The first-order valence-electron chi connectivity index (χ1n) is 15.4. The standard InChI is InChI=1S/C41H28N2O3/c1-41(2)31-15-5-3-12-30(31)37-32(41)16-10-19-35(37)43-34-18-7-6-17-33(34)42(39(44)40(43)45)26-23-21-25(22-24-26)27-13-9-14-29-28-11-4-8-20-36(28)46-38(27)29/h3-24H,1-2H3. The molecule has 5 nitrogen and oxygen atoms in total. The minimum Gasteiger partial charge on any atom is -0.455 e. The maximum atomic E-state index is 14.2. The summed E-state index contributed by atoms with van der Waals surface area (Å²) in [7, 11) is 0. The average Bonchev–Trinajstić information content (AvgIpc) is 3.58. The van der Waals surface area contributed by atoms with Gasteiger partial charge in [-0.2, -0.15) is 0 Å². The molecule has 2 heterocycles. The van der Waals surface area contributed by atoms with E-state index in [1.54, 1.807) is 4.57 Å². The first-order valence-corrected chi connectivity index (χ1v) is 15.4. The van der Waals surface area contributed by atoms with E-state index in [0.29, 0.717) is 16.7 Å². The molecule has 0 bridgehead atoms. The van der Waals surface area contributed by atoms with Gasteiger partial charge in [0.15, 0.2) is 0 Å². The fraction of sp³-hybridized carbons (Fsp3) is 0.0732. The van der Waals surface area contributed by atoms with Crippen molar-refractivity contribution in [3.63, 3.8) is 0 Å². The van der Waals surface area contributed by atoms with Crippen LogP contribution in [0.5, 0.6) is 0 Å². The van der Waals surface area contributed by atoms with Gasteiger partial charge in [0.2, 0.25) is 0 Å². The van der Waals surface area contributed by atoms with Crippen LogP contribution in [0.4, 0.5) is 0 Å². The Morgan fingerprint density at radius 2 is 1.15 bits per heavy atom. The molecule has 0 fully saturated rings. The molecule has 9 rings (SSSR count). The van der Waals surface area contributed by atoms with Crippen LogP contribution in [0.2, 0.25) is 0 Å². The highest BCUT2D eigenvalue weighted by Crippen LogP contribution is 2.50. The second kappa shape index (κ2) is 9.53. The van der Waals surface area contributed by atoms with E-state index in [-0.39, 0.29) is 5.41 Å². The predicted molar refractivity (Wildman–Crippen MR) is 185 cm³/mol. The average molecular weight is 597 g/mol. The number of rotatable bonds is 3. The van der Waals surface area contributed by atoms with Gasteiger partial charge in [-0.05, 0) is 58.7 Å². The third kappa shape index (κ3) is 3.57. The highest BCUT2D eigenvalue weighted by molar-refractivity contribution is 6.09. The molecule has 0 saturated heterocycles. The van der Waals surface area contributed by atoms with Crippen LogP contribution in [0.15, 0.2) is 147 Å².